The van der Waals surface area contributed by atoms with Crippen LogP contribution < -0.4 is 5.73 Å². The molecule has 0 saturated carbocycles. The molecule has 1 aliphatic rings. The molecule has 100 valence electrons. The first-order chi connectivity index (χ1) is 8.70. The number of hydrogen-bond acceptors (Lipinski definition) is 4. The van der Waals surface area contributed by atoms with Crippen LogP contribution in [0.25, 0.3) is 0 Å². The Morgan fingerprint density at radius 3 is 3.11 bits per heavy atom. The molecule has 1 fully saturated rings. The van der Waals surface area contributed by atoms with Crippen molar-refractivity contribution in [3.8, 4) is 0 Å². The zero-order valence-corrected chi connectivity index (χ0v) is 11.3. The molecule has 0 spiro atoms. The van der Waals surface area contributed by atoms with Gasteiger partial charge in [-0.15, -0.1) is 11.3 Å². The van der Waals surface area contributed by atoms with Gasteiger partial charge in [-0.2, -0.15) is 0 Å². The third-order valence-corrected chi connectivity index (χ3v) is 4.41. The summed E-state index contributed by atoms with van der Waals surface area (Å²) in [6, 6.07) is 2.48. The fraction of sp³-hybridized carbons (Fsp3) is 0.615. The number of aliphatic hydroxyl groups is 1. The summed E-state index contributed by atoms with van der Waals surface area (Å²) in [5.74, 6) is -0.351. The van der Waals surface area contributed by atoms with E-state index in [4.69, 9.17) is 10.8 Å². The van der Waals surface area contributed by atoms with Crippen molar-refractivity contribution in [3.05, 3.63) is 21.9 Å². The van der Waals surface area contributed by atoms with Gasteiger partial charge in [0.15, 0.2) is 0 Å². The summed E-state index contributed by atoms with van der Waals surface area (Å²) >= 11 is 1.60. The van der Waals surface area contributed by atoms with Gasteiger partial charge in [0.1, 0.15) is 0 Å². The quantitative estimate of drug-likeness (QED) is 0.823. The van der Waals surface area contributed by atoms with Crippen LogP contribution in [0.2, 0.25) is 0 Å². The second kappa shape index (κ2) is 6.31. The second-order valence-electron chi connectivity index (χ2n) is 4.80. The molecule has 1 aliphatic heterocycles. The number of likely N-dealkylation sites (tertiary alicyclic amines) is 1. The van der Waals surface area contributed by atoms with Gasteiger partial charge in [0.25, 0.3) is 0 Å². The maximum Gasteiger partial charge on any atom is 0.249 e. The van der Waals surface area contributed by atoms with Crippen molar-refractivity contribution in [1.29, 1.82) is 0 Å². The minimum atomic E-state index is -0.351. The smallest absolute Gasteiger partial charge is 0.249 e. The summed E-state index contributed by atoms with van der Waals surface area (Å²) in [6.07, 6.45) is 4.38. The third kappa shape index (κ3) is 3.31. The molecule has 4 nitrogen and oxygen atoms in total. The van der Waals surface area contributed by atoms with E-state index in [0.29, 0.717) is 11.6 Å². The Hall–Kier alpha value is -0.910. The largest absolute Gasteiger partial charge is 0.396 e. The maximum atomic E-state index is 11.0. The molecule has 1 aromatic rings. The van der Waals surface area contributed by atoms with E-state index in [2.05, 4.69) is 4.90 Å². The van der Waals surface area contributed by atoms with Crippen LogP contribution in [0, 0.1) is 0 Å². The van der Waals surface area contributed by atoms with Gasteiger partial charge in [-0.1, -0.05) is 0 Å². The Morgan fingerprint density at radius 2 is 2.44 bits per heavy atom. The van der Waals surface area contributed by atoms with Crippen molar-refractivity contribution in [1.82, 2.24) is 4.90 Å². The van der Waals surface area contributed by atoms with Gasteiger partial charge >= 0.3 is 0 Å². The van der Waals surface area contributed by atoms with Gasteiger partial charge in [0, 0.05) is 29.5 Å². The van der Waals surface area contributed by atoms with Gasteiger partial charge in [-0.3, -0.25) is 9.69 Å². The van der Waals surface area contributed by atoms with Gasteiger partial charge in [-0.25, -0.2) is 0 Å². The van der Waals surface area contributed by atoms with Crippen LogP contribution in [0.5, 0.6) is 0 Å². The molecule has 1 unspecified atom stereocenters. The van der Waals surface area contributed by atoms with Crippen molar-refractivity contribution in [2.45, 2.75) is 38.3 Å². The second-order valence-corrected chi connectivity index (χ2v) is 5.79. The van der Waals surface area contributed by atoms with Crippen LogP contribution in [-0.2, 0) is 6.54 Å². The zero-order valence-electron chi connectivity index (χ0n) is 10.5. The number of nitrogens with two attached hydrogens (primary N) is 1. The normalized spacial score (nSPS) is 20.4. The topological polar surface area (TPSA) is 66.6 Å². The van der Waals surface area contributed by atoms with E-state index < -0.39 is 0 Å². The first-order valence-electron chi connectivity index (χ1n) is 6.43. The average Bonchev–Trinajstić information content (AvgIpc) is 2.96. The van der Waals surface area contributed by atoms with Crippen LogP contribution in [0.1, 0.15) is 40.9 Å². The Bertz CT molecular complexity index is 405. The van der Waals surface area contributed by atoms with E-state index in [1.807, 2.05) is 11.4 Å². The Balaban J connectivity index is 1.92. The van der Waals surface area contributed by atoms with Gasteiger partial charge in [-0.05, 0) is 38.3 Å². The van der Waals surface area contributed by atoms with Crippen molar-refractivity contribution in [2.24, 2.45) is 5.73 Å². The van der Waals surface area contributed by atoms with E-state index in [0.717, 1.165) is 25.9 Å². The van der Waals surface area contributed by atoms with Crippen molar-refractivity contribution in [2.75, 3.05) is 13.2 Å². The molecule has 2 heterocycles. The van der Waals surface area contributed by atoms with Crippen molar-refractivity contribution in [3.63, 3.8) is 0 Å². The molecule has 0 bridgehead atoms. The Labute approximate surface area is 111 Å². The molecule has 1 saturated heterocycles. The lowest BCUT2D eigenvalue weighted by Gasteiger charge is -2.23. The number of thiophene rings is 1. The number of carbonyl (C=O) groups excluding carboxylic acids is 1. The number of hydrogen-bond donors (Lipinski definition) is 2. The molecule has 1 aromatic heterocycles. The lowest BCUT2D eigenvalue weighted by atomic mass is 10.1. The predicted molar refractivity (Wildman–Crippen MR) is 72.6 cm³/mol. The Kier molecular flexibility index (Phi) is 4.74. The molecular weight excluding hydrogens is 248 g/mol. The molecule has 2 rings (SSSR count). The number of carbonyl (C=O) groups is 1. The number of amides is 1. The van der Waals surface area contributed by atoms with Crippen LogP contribution in [-0.4, -0.2) is 35.1 Å². The monoisotopic (exact) mass is 268 g/mol. The van der Waals surface area contributed by atoms with E-state index in [9.17, 15) is 4.79 Å². The van der Waals surface area contributed by atoms with E-state index >= 15 is 0 Å². The molecule has 0 aliphatic carbocycles. The van der Waals surface area contributed by atoms with Crippen molar-refractivity contribution >= 4 is 17.2 Å². The van der Waals surface area contributed by atoms with Crippen molar-refractivity contribution < 1.29 is 9.90 Å². The number of nitrogens with zero attached hydrogens (tertiary/aromatic N) is 1. The van der Waals surface area contributed by atoms with Crippen LogP contribution in [0.3, 0.4) is 0 Å². The highest BCUT2D eigenvalue weighted by atomic mass is 32.1. The molecule has 18 heavy (non-hydrogen) atoms. The Morgan fingerprint density at radius 1 is 1.61 bits per heavy atom. The average molecular weight is 268 g/mol. The van der Waals surface area contributed by atoms with Crippen LogP contribution >= 0.6 is 11.3 Å². The first kappa shape index (κ1) is 13.5. The van der Waals surface area contributed by atoms with Crippen LogP contribution in [0.4, 0.5) is 0 Å². The fourth-order valence-electron chi connectivity index (χ4n) is 2.55. The molecule has 5 heteroatoms. The summed E-state index contributed by atoms with van der Waals surface area (Å²) in [5, 5.41) is 10.7. The van der Waals surface area contributed by atoms with E-state index in [-0.39, 0.29) is 12.5 Å². The highest BCUT2D eigenvalue weighted by molar-refractivity contribution is 7.10. The number of rotatable bonds is 6. The van der Waals surface area contributed by atoms with Gasteiger partial charge in [0.2, 0.25) is 5.91 Å². The molecular formula is C13H20N2O2S. The summed E-state index contributed by atoms with van der Waals surface area (Å²) < 4.78 is 0. The summed E-state index contributed by atoms with van der Waals surface area (Å²) in [7, 11) is 0. The third-order valence-electron chi connectivity index (χ3n) is 3.49. The molecule has 0 radical (unpaired) electrons. The molecule has 3 N–H and O–H groups in total. The van der Waals surface area contributed by atoms with Crippen LogP contribution in [0.15, 0.2) is 11.4 Å². The lowest BCUT2D eigenvalue weighted by molar-refractivity contribution is 0.100. The SMILES string of the molecule is NC(=O)c1csc(CN2CCCC2CCCO)c1. The summed E-state index contributed by atoms with van der Waals surface area (Å²) in [4.78, 5) is 14.7. The number of aliphatic hydroxyl groups excluding tert-OH is 1. The minimum absolute atomic E-state index is 0.273. The zero-order chi connectivity index (χ0) is 13.0. The predicted octanol–water partition coefficient (Wildman–Crippen LogP) is 1.58. The first-order valence-corrected chi connectivity index (χ1v) is 7.31. The molecule has 1 amide bonds. The van der Waals surface area contributed by atoms with E-state index in [1.54, 1.807) is 11.3 Å². The molecule has 0 aromatic carbocycles. The van der Waals surface area contributed by atoms with Gasteiger partial charge < -0.3 is 10.8 Å². The lowest BCUT2D eigenvalue weighted by Crippen LogP contribution is -2.28. The maximum absolute atomic E-state index is 11.0. The highest BCUT2D eigenvalue weighted by Crippen LogP contribution is 2.25. The number of primary amides is 1. The summed E-state index contributed by atoms with van der Waals surface area (Å²) in [6.45, 7) is 2.28. The van der Waals surface area contributed by atoms with E-state index in [1.165, 1.54) is 17.7 Å². The highest BCUT2D eigenvalue weighted by Gasteiger charge is 2.24. The summed E-state index contributed by atoms with van der Waals surface area (Å²) in [5.41, 5.74) is 5.87. The fourth-order valence-corrected chi connectivity index (χ4v) is 3.45. The molecule has 1 atom stereocenters. The minimum Gasteiger partial charge on any atom is -0.396 e. The standard InChI is InChI=1S/C13H20N2O2S/c14-13(17)10-7-12(18-9-10)8-15-5-1-3-11(15)4-2-6-16/h7,9,11,16H,1-6,8H2,(H2,14,17). The van der Waals surface area contributed by atoms with Gasteiger partial charge in [0.05, 0.1) is 5.56 Å².